The van der Waals surface area contributed by atoms with Gasteiger partial charge in [-0.05, 0) is 73.0 Å². The molecule has 0 bridgehead atoms. The van der Waals surface area contributed by atoms with E-state index in [4.69, 9.17) is 16.3 Å². The van der Waals surface area contributed by atoms with Crippen LogP contribution in [0.5, 0.6) is 11.5 Å². The maximum Gasteiger partial charge on any atom is 0.141 e. The normalized spacial score (nSPS) is 11.6. The van der Waals surface area contributed by atoms with Gasteiger partial charge in [-0.15, -0.1) is 0 Å². The van der Waals surface area contributed by atoms with Crippen molar-refractivity contribution >= 4 is 27.5 Å². The van der Waals surface area contributed by atoms with Crippen molar-refractivity contribution < 1.29 is 9.84 Å². The molecule has 0 atom stereocenters. The van der Waals surface area contributed by atoms with Gasteiger partial charge >= 0.3 is 0 Å². The Balaban J connectivity index is 2.40. The third-order valence-corrected chi connectivity index (χ3v) is 4.42. The van der Waals surface area contributed by atoms with Crippen LogP contribution >= 0.6 is 27.5 Å². The average molecular weight is 370 g/mol. The van der Waals surface area contributed by atoms with Gasteiger partial charge in [0.2, 0.25) is 0 Å². The second-order valence-electron chi connectivity index (χ2n) is 5.62. The van der Waals surface area contributed by atoms with E-state index in [0.717, 1.165) is 26.9 Å². The van der Waals surface area contributed by atoms with Gasteiger partial charge in [0.05, 0.1) is 10.1 Å². The molecular weight excluding hydrogens is 352 g/mol. The molecule has 0 spiro atoms. The zero-order chi connectivity index (χ0) is 15.8. The first-order valence-electron chi connectivity index (χ1n) is 6.66. The molecule has 0 aliphatic heterocycles. The Kier molecular flexibility index (Phi) is 4.66. The number of aryl methyl sites for hydroxylation is 1. The Morgan fingerprint density at radius 2 is 1.81 bits per heavy atom. The third-order valence-electron chi connectivity index (χ3n) is 3.39. The number of rotatable bonds is 3. The van der Waals surface area contributed by atoms with Crippen molar-refractivity contribution in [1.82, 2.24) is 0 Å². The minimum Gasteiger partial charge on any atom is -0.456 e. The standard InChI is InChI=1S/C17H18BrClO2/c1-10-5-7-14(19)11(2)16(10)21-15-8-6-12(9-13(15)18)17(3,4)20/h5-9,20H,1-4H3. The van der Waals surface area contributed by atoms with Gasteiger partial charge in [-0.2, -0.15) is 0 Å². The number of ether oxygens (including phenoxy) is 1. The van der Waals surface area contributed by atoms with E-state index in [-0.39, 0.29) is 0 Å². The van der Waals surface area contributed by atoms with Crippen molar-refractivity contribution in [2.45, 2.75) is 33.3 Å². The van der Waals surface area contributed by atoms with Crippen molar-refractivity contribution in [3.05, 3.63) is 56.5 Å². The van der Waals surface area contributed by atoms with E-state index in [1.807, 2.05) is 44.2 Å². The summed E-state index contributed by atoms with van der Waals surface area (Å²) in [5.41, 5.74) is 1.87. The fourth-order valence-corrected chi connectivity index (χ4v) is 2.64. The number of hydrogen-bond donors (Lipinski definition) is 1. The molecule has 112 valence electrons. The summed E-state index contributed by atoms with van der Waals surface area (Å²) in [7, 11) is 0. The summed E-state index contributed by atoms with van der Waals surface area (Å²) in [4.78, 5) is 0. The van der Waals surface area contributed by atoms with Crippen molar-refractivity contribution in [2.24, 2.45) is 0 Å². The fraction of sp³-hybridized carbons (Fsp3) is 0.294. The molecule has 2 nitrogen and oxygen atoms in total. The van der Waals surface area contributed by atoms with Crippen LogP contribution in [-0.2, 0) is 5.60 Å². The Labute approximate surface area is 138 Å². The molecule has 2 rings (SSSR count). The quantitative estimate of drug-likeness (QED) is 0.747. The predicted molar refractivity (Wildman–Crippen MR) is 90.4 cm³/mol. The summed E-state index contributed by atoms with van der Waals surface area (Å²) in [5, 5.41) is 10.7. The van der Waals surface area contributed by atoms with Gasteiger partial charge in [0.1, 0.15) is 11.5 Å². The van der Waals surface area contributed by atoms with Gasteiger partial charge in [-0.1, -0.05) is 23.7 Å². The predicted octanol–water partition coefficient (Wildman–Crippen LogP) is 5.74. The number of benzene rings is 2. The molecule has 0 heterocycles. The van der Waals surface area contributed by atoms with Crippen LogP contribution in [0, 0.1) is 13.8 Å². The molecule has 4 heteroatoms. The van der Waals surface area contributed by atoms with Crippen LogP contribution in [0.15, 0.2) is 34.8 Å². The highest BCUT2D eigenvalue weighted by Crippen LogP contribution is 2.37. The zero-order valence-electron chi connectivity index (χ0n) is 12.5. The molecule has 0 aromatic heterocycles. The molecule has 0 amide bonds. The summed E-state index contributed by atoms with van der Waals surface area (Å²) in [6.07, 6.45) is 0. The monoisotopic (exact) mass is 368 g/mol. The highest BCUT2D eigenvalue weighted by molar-refractivity contribution is 9.10. The van der Waals surface area contributed by atoms with Gasteiger partial charge in [-0.25, -0.2) is 0 Å². The van der Waals surface area contributed by atoms with Crippen molar-refractivity contribution in [1.29, 1.82) is 0 Å². The van der Waals surface area contributed by atoms with Crippen LogP contribution in [0.3, 0.4) is 0 Å². The van der Waals surface area contributed by atoms with Crippen LogP contribution in [0.2, 0.25) is 5.02 Å². The molecule has 21 heavy (non-hydrogen) atoms. The Bertz CT molecular complexity index is 675. The average Bonchev–Trinajstić information content (AvgIpc) is 2.39. The van der Waals surface area contributed by atoms with Crippen LogP contribution in [0.4, 0.5) is 0 Å². The molecule has 0 aliphatic carbocycles. The SMILES string of the molecule is Cc1ccc(Cl)c(C)c1Oc1ccc(C(C)(C)O)cc1Br. The molecule has 1 N–H and O–H groups in total. The Morgan fingerprint density at radius 1 is 1.14 bits per heavy atom. The lowest BCUT2D eigenvalue weighted by atomic mass is 9.98. The van der Waals surface area contributed by atoms with E-state index in [1.165, 1.54) is 0 Å². The largest absolute Gasteiger partial charge is 0.456 e. The lowest BCUT2D eigenvalue weighted by Crippen LogP contribution is -2.15. The lowest BCUT2D eigenvalue weighted by Gasteiger charge is -2.19. The molecule has 0 aliphatic rings. The molecule has 2 aromatic carbocycles. The molecule has 2 aromatic rings. The van der Waals surface area contributed by atoms with E-state index in [2.05, 4.69) is 15.9 Å². The number of aliphatic hydroxyl groups is 1. The first kappa shape index (κ1) is 16.3. The highest BCUT2D eigenvalue weighted by atomic mass is 79.9. The lowest BCUT2D eigenvalue weighted by molar-refractivity contribution is 0.0785. The van der Waals surface area contributed by atoms with Gasteiger partial charge in [0.25, 0.3) is 0 Å². The van der Waals surface area contributed by atoms with E-state index in [1.54, 1.807) is 13.8 Å². The Morgan fingerprint density at radius 3 is 2.38 bits per heavy atom. The molecule has 0 radical (unpaired) electrons. The van der Waals surface area contributed by atoms with Crippen LogP contribution in [0.1, 0.15) is 30.5 Å². The van der Waals surface area contributed by atoms with Crippen LogP contribution in [-0.4, -0.2) is 5.11 Å². The van der Waals surface area contributed by atoms with Crippen molar-refractivity contribution in [3.63, 3.8) is 0 Å². The van der Waals surface area contributed by atoms with Gasteiger partial charge in [-0.3, -0.25) is 0 Å². The smallest absolute Gasteiger partial charge is 0.141 e. The van der Waals surface area contributed by atoms with Gasteiger partial charge in [0.15, 0.2) is 0 Å². The second-order valence-corrected chi connectivity index (χ2v) is 6.89. The van der Waals surface area contributed by atoms with E-state index in [9.17, 15) is 5.11 Å². The summed E-state index contributed by atoms with van der Waals surface area (Å²) >= 11 is 9.65. The second kappa shape index (κ2) is 5.99. The van der Waals surface area contributed by atoms with Crippen molar-refractivity contribution in [2.75, 3.05) is 0 Å². The molecule has 0 unspecified atom stereocenters. The summed E-state index contributed by atoms with van der Waals surface area (Å²) < 4.78 is 6.80. The summed E-state index contributed by atoms with van der Waals surface area (Å²) in [6.45, 7) is 7.42. The molecular formula is C17H18BrClO2. The summed E-state index contributed by atoms with van der Waals surface area (Å²) in [6, 6.07) is 9.37. The minimum absolute atomic E-state index is 0.680. The van der Waals surface area contributed by atoms with Crippen molar-refractivity contribution in [3.8, 4) is 11.5 Å². The minimum atomic E-state index is -0.886. The molecule has 0 fully saturated rings. The number of hydrogen-bond acceptors (Lipinski definition) is 2. The Hall–Kier alpha value is -1.03. The number of halogens is 2. The van der Waals surface area contributed by atoms with E-state index >= 15 is 0 Å². The molecule has 0 saturated heterocycles. The summed E-state index contributed by atoms with van der Waals surface area (Å²) in [5.74, 6) is 1.45. The third kappa shape index (κ3) is 3.60. The highest BCUT2D eigenvalue weighted by Gasteiger charge is 2.18. The van der Waals surface area contributed by atoms with E-state index < -0.39 is 5.60 Å². The zero-order valence-corrected chi connectivity index (χ0v) is 14.8. The maximum atomic E-state index is 10.0. The first-order valence-corrected chi connectivity index (χ1v) is 7.83. The van der Waals surface area contributed by atoms with Gasteiger partial charge in [0, 0.05) is 10.6 Å². The van der Waals surface area contributed by atoms with Crippen LogP contribution in [0.25, 0.3) is 0 Å². The topological polar surface area (TPSA) is 29.5 Å². The van der Waals surface area contributed by atoms with Crippen LogP contribution < -0.4 is 4.74 Å². The first-order chi connectivity index (χ1) is 9.70. The molecule has 0 saturated carbocycles. The van der Waals surface area contributed by atoms with Gasteiger partial charge < -0.3 is 9.84 Å². The fourth-order valence-electron chi connectivity index (χ4n) is 2.03. The maximum absolute atomic E-state index is 10.0. The van der Waals surface area contributed by atoms with E-state index in [0.29, 0.717) is 10.8 Å².